The first kappa shape index (κ1) is 15.1. The van der Waals surface area contributed by atoms with Crippen LogP contribution in [0.4, 0.5) is 0 Å². The number of rotatable bonds is 4. The van der Waals surface area contributed by atoms with Crippen LogP contribution >= 0.6 is 23.2 Å². The number of amides is 1. The van der Waals surface area contributed by atoms with E-state index in [1.54, 1.807) is 17.9 Å². The van der Waals surface area contributed by atoms with E-state index in [1.807, 2.05) is 0 Å². The van der Waals surface area contributed by atoms with Crippen LogP contribution < -0.4 is 0 Å². The van der Waals surface area contributed by atoms with Gasteiger partial charge in [-0.2, -0.15) is 0 Å². The molecular weight excluding hydrogens is 309 g/mol. The van der Waals surface area contributed by atoms with E-state index < -0.39 is 19.6 Å². The summed E-state index contributed by atoms with van der Waals surface area (Å²) in [7, 11) is -3.04. The lowest BCUT2D eigenvalue weighted by molar-refractivity contribution is -0.137. The highest BCUT2D eigenvalue weighted by Gasteiger charge is 2.69. The summed E-state index contributed by atoms with van der Waals surface area (Å²) in [6, 6.07) is -0.294. The fourth-order valence-corrected chi connectivity index (χ4v) is 4.93. The lowest BCUT2D eigenvalue weighted by atomic mass is 10.1. The first-order valence-corrected chi connectivity index (χ1v) is 8.71. The van der Waals surface area contributed by atoms with Gasteiger partial charge in [-0.15, -0.1) is 29.8 Å². The predicted octanol–water partition coefficient (Wildman–Crippen LogP) is 1.77. The number of halogens is 2. The molecule has 2 atom stereocenters. The Morgan fingerprint density at radius 3 is 2.47 bits per heavy atom. The van der Waals surface area contributed by atoms with E-state index in [4.69, 9.17) is 23.2 Å². The van der Waals surface area contributed by atoms with Crippen LogP contribution in [0, 0.1) is 5.41 Å². The molecular formula is C12H17Cl2NO3S. The van der Waals surface area contributed by atoms with Gasteiger partial charge in [0.1, 0.15) is 4.33 Å². The number of nitrogens with zero attached hydrogens (tertiary/aromatic N) is 1. The van der Waals surface area contributed by atoms with Crippen molar-refractivity contribution in [3.8, 4) is 0 Å². The summed E-state index contributed by atoms with van der Waals surface area (Å²) in [6.45, 7) is 5.66. The van der Waals surface area contributed by atoms with Crippen molar-refractivity contribution in [2.45, 2.75) is 30.1 Å². The quantitative estimate of drug-likeness (QED) is 0.584. The molecule has 0 aromatic rings. The highest BCUT2D eigenvalue weighted by Crippen LogP contribution is 2.64. The minimum Gasteiger partial charge on any atom is -0.334 e. The topological polar surface area (TPSA) is 54.5 Å². The van der Waals surface area contributed by atoms with Crippen LogP contribution in [0.5, 0.6) is 0 Å². The van der Waals surface area contributed by atoms with Gasteiger partial charge < -0.3 is 4.90 Å². The summed E-state index contributed by atoms with van der Waals surface area (Å²) in [5.41, 5.74) is -0.814. The van der Waals surface area contributed by atoms with Crippen molar-refractivity contribution in [3.05, 3.63) is 12.7 Å². The third-order valence-electron chi connectivity index (χ3n) is 3.97. The van der Waals surface area contributed by atoms with Crippen LogP contribution in [-0.2, 0) is 14.6 Å². The van der Waals surface area contributed by atoms with Crippen molar-refractivity contribution in [2.24, 2.45) is 5.41 Å². The van der Waals surface area contributed by atoms with E-state index in [0.717, 1.165) is 0 Å². The normalized spacial score (nSPS) is 34.8. The van der Waals surface area contributed by atoms with Gasteiger partial charge >= 0.3 is 0 Å². The molecule has 108 valence electrons. The lowest BCUT2D eigenvalue weighted by Crippen LogP contribution is -2.45. The summed E-state index contributed by atoms with van der Waals surface area (Å²) in [5, 5.41) is 0. The fourth-order valence-electron chi connectivity index (χ4n) is 2.51. The largest absolute Gasteiger partial charge is 0.334 e. The summed E-state index contributed by atoms with van der Waals surface area (Å²) in [4.78, 5) is 14.1. The molecule has 2 aliphatic rings. The molecule has 0 radical (unpaired) electrons. The Kier molecular flexibility index (Phi) is 3.69. The van der Waals surface area contributed by atoms with Crippen LogP contribution in [0.1, 0.15) is 19.8 Å². The van der Waals surface area contributed by atoms with Crippen molar-refractivity contribution < 1.29 is 13.2 Å². The van der Waals surface area contributed by atoms with Crippen LogP contribution in [0.3, 0.4) is 0 Å². The second-order valence-electron chi connectivity index (χ2n) is 5.52. The van der Waals surface area contributed by atoms with Crippen LogP contribution in [-0.4, -0.2) is 47.7 Å². The average Bonchev–Trinajstić information content (AvgIpc) is 2.64. The Morgan fingerprint density at radius 2 is 2.11 bits per heavy atom. The molecule has 0 aromatic heterocycles. The van der Waals surface area contributed by atoms with E-state index in [9.17, 15) is 13.2 Å². The van der Waals surface area contributed by atoms with E-state index in [-0.39, 0.29) is 23.5 Å². The molecule has 1 aliphatic carbocycles. The van der Waals surface area contributed by atoms with Crippen molar-refractivity contribution in [1.29, 1.82) is 0 Å². The van der Waals surface area contributed by atoms with Crippen molar-refractivity contribution >= 4 is 38.9 Å². The van der Waals surface area contributed by atoms with E-state index in [1.165, 1.54) is 0 Å². The molecule has 1 saturated heterocycles. The zero-order chi connectivity index (χ0) is 14.5. The zero-order valence-corrected chi connectivity index (χ0v) is 13.1. The molecule has 2 rings (SSSR count). The standard InChI is InChI=1S/C12H17Cl2NO3S/c1-3-5-15(9-4-6-19(17,18)7-9)10(16)11(2)8-12(11,13)14/h3,9H,1,4-8H2,2H3/t9-,11+/m1/s1. The van der Waals surface area contributed by atoms with Gasteiger partial charge in [-0.1, -0.05) is 6.08 Å². The first-order chi connectivity index (χ1) is 8.63. The number of alkyl halides is 2. The predicted molar refractivity (Wildman–Crippen MR) is 76.1 cm³/mol. The first-order valence-electron chi connectivity index (χ1n) is 6.13. The van der Waals surface area contributed by atoms with Crippen molar-refractivity contribution in [3.63, 3.8) is 0 Å². The second-order valence-corrected chi connectivity index (χ2v) is 9.23. The van der Waals surface area contributed by atoms with Crippen LogP contribution in [0.2, 0.25) is 0 Å². The number of sulfone groups is 1. The molecule has 0 aromatic carbocycles. The summed E-state index contributed by atoms with van der Waals surface area (Å²) >= 11 is 12.0. The van der Waals surface area contributed by atoms with Crippen molar-refractivity contribution in [2.75, 3.05) is 18.1 Å². The van der Waals surface area contributed by atoms with Gasteiger partial charge in [-0.3, -0.25) is 4.79 Å². The summed E-state index contributed by atoms with van der Waals surface area (Å²) in [5.74, 6) is -0.0397. The Labute approximate surface area is 123 Å². The van der Waals surface area contributed by atoms with E-state index in [0.29, 0.717) is 19.4 Å². The number of carbonyl (C=O) groups excluding carboxylic acids is 1. The van der Waals surface area contributed by atoms with Crippen molar-refractivity contribution in [1.82, 2.24) is 4.90 Å². The zero-order valence-electron chi connectivity index (χ0n) is 10.7. The van der Waals surface area contributed by atoms with Crippen LogP contribution in [0.15, 0.2) is 12.7 Å². The Balaban J connectivity index is 2.18. The third kappa shape index (κ3) is 2.65. The molecule has 7 heteroatoms. The minimum absolute atomic E-state index is 0.0141. The van der Waals surface area contributed by atoms with Gasteiger partial charge in [-0.25, -0.2) is 8.42 Å². The molecule has 0 spiro atoms. The Bertz CT molecular complexity index is 517. The summed E-state index contributed by atoms with van der Waals surface area (Å²) in [6.07, 6.45) is 2.46. The van der Waals surface area contributed by atoms with Gasteiger partial charge in [0, 0.05) is 12.6 Å². The molecule has 2 fully saturated rings. The fraction of sp³-hybridized carbons (Fsp3) is 0.750. The Hall–Kier alpha value is -0.260. The average molecular weight is 326 g/mol. The Morgan fingerprint density at radius 1 is 1.53 bits per heavy atom. The van der Waals surface area contributed by atoms with E-state index >= 15 is 0 Å². The maximum atomic E-state index is 12.5. The highest BCUT2D eigenvalue weighted by molar-refractivity contribution is 7.91. The number of hydrogen-bond donors (Lipinski definition) is 0. The molecule has 1 amide bonds. The monoisotopic (exact) mass is 325 g/mol. The maximum absolute atomic E-state index is 12.5. The molecule has 0 unspecified atom stereocenters. The van der Waals surface area contributed by atoms with Gasteiger partial charge in [0.25, 0.3) is 0 Å². The van der Waals surface area contributed by atoms with Crippen LogP contribution in [0.25, 0.3) is 0 Å². The number of hydrogen-bond acceptors (Lipinski definition) is 3. The molecule has 19 heavy (non-hydrogen) atoms. The molecule has 4 nitrogen and oxygen atoms in total. The second kappa shape index (κ2) is 4.64. The third-order valence-corrected chi connectivity index (χ3v) is 6.82. The van der Waals surface area contributed by atoms with E-state index in [2.05, 4.69) is 6.58 Å². The lowest BCUT2D eigenvalue weighted by Gasteiger charge is -2.30. The molecule has 0 N–H and O–H groups in total. The van der Waals surface area contributed by atoms with Gasteiger partial charge in [0.05, 0.1) is 16.9 Å². The van der Waals surface area contributed by atoms with Gasteiger partial charge in [0.15, 0.2) is 9.84 Å². The molecule has 1 saturated carbocycles. The van der Waals surface area contributed by atoms with Gasteiger partial charge in [-0.05, 0) is 19.8 Å². The highest BCUT2D eigenvalue weighted by atomic mass is 35.5. The SMILES string of the molecule is C=CCN(C(=O)[C@]1(C)CC1(Cl)Cl)[C@@H]1CCS(=O)(=O)C1. The molecule has 1 aliphatic heterocycles. The maximum Gasteiger partial charge on any atom is 0.232 e. The summed E-state index contributed by atoms with van der Waals surface area (Å²) < 4.78 is 22.1. The number of carbonyl (C=O) groups is 1. The minimum atomic E-state index is -3.04. The van der Waals surface area contributed by atoms with Gasteiger partial charge in [0.2, 0.25) is 5.91 Å². The molecule has 1 heterocycles. The smallest absolute Gasteiger partial charge is 0.232 e. The molecule has 0 bridgehead atoms.